The van der Waals surface area contributed by atoms with E-state index < -0.39 is 10.0 Å². The van der Waals surface area contributed by atoms with Crippen LogP contribution >= 0.6 is 11.3 Å². The van der Waals surface area contributed by atoms with E-state index in [2.05, 4.69) is 14.8 Å². The molecule has 0 amide bonds. The Morgan fingerprint density at radius 2 is 1.94 bits per heavy atom. The lowest BCUT2D eigenvalue weighted by molar-refractivity contribution is 0.101. The summed E-state index contributed by atoms with van der Waals surface area (Å²) in [5.41, 5.74) is 2.18. The highest BCUT2D eigenvalue weighted by molar-refractivity contribution is 7.89. The molecule has 0 aliphatic rings. The summed E-state index contributed by atoms with van der Waals surface area (Å²) in [4.78, 5) is 18.0. The zero-order valence-electron chi connectivity index (χ0n) is 17.8. The molecule has 4 aromatic rings. The van der Waals surface area contributed by atoms with E-state index >= 15 is 0 Å². The highest BCUT2D eigenvalue weighted by Crippen LogP contribution is 2.26. The van der Waals surface area contributed by atoms with Crippen molar-refractivity contribution in [1.29, 1.82) is 0 Å². The van der Waals surface area contributed by atoms with Crippen molar-refractivity contribution in [2.75, 3.05) is 13.7 Å². The molecule has 0 fully saturated rings. The molecule has 0 aliphatic carbocycles. The molecule has 10 heteroatoms. The Kier molecular flexibility index (Phi) is 6.09. The van der Waals surface area contributed by atoms with Crippen molar-refractivity contribution >= 4 is 32.1 Å². The van der Waals surface area contributed by atoms with E-state index in [1.807, 2.05) is 31.2 Å². The first kappa shape index (κ1) is 22.1. The number of sulfonamides is 1. The average Bonchev–Trinajstić information content (AvgIpc) is 3.33. The first-order valence-corrected chi connectivity index (χ1v) is 12.2. The van der Waals surface area contributed by atoms with Crippen LogP contribution in [0.1, 0.15) is 27.9 Å². The fraction of sp³-hybridized carbons (Fsp3) is 0.227. The fourth-order valence-electron chi connectivity index (χ4n) is 3.24. The van der Waals surface area contributed by atoms with Gasteiger partial charge in [0.25, 0.3) is 0 Å². The van der Waals surface area contributed by atoms with Gasteiger partial charge in [0.2, 0.25) is 15.0 Å². The van der Waals surface area contributed by atoms with Crippen LogP contribution in [0.3, 0.4) is 0 Å². The summed E-state index contributed by atoms with van der Waals surface area (Å²) in [5, 5.41) is 4.59. The number of rotatable bonds is 8. The van der Waals surface area contributed by atoms with Gasteiger partial charge >= 0.3 is 0 Å². The summed E-state index contributed by atoms with van der Waals surface area (Å²) in [5.74, 6) is 1.21. The summed E-state index contributed by atoms with van der Waals surface area (Å²) in [6.45, 7) is 3.57. The number of Topliss-reactive ketones (excluding diaryl/α,β-unsaturated/α-hetero) is 1. The van der Waals surface area contributed by atoms with E-state index in [1.165, 1.54) is 30.4 Å². The molecule has 0 saturated carbocycles. The summed E-state index contributed by atoms with van der Waals surface area (Å²) in [6, 6.07) is 13.6. The molecular weight excluding hydrogens is 448 g/mol. The van der Waals surface area contributed by atoms with Gasteiger partial charge in [-0.3, -0.25) is 4.79 Å². The topological polar surface area (TPSA) is 103 Å². The summed E-state index contributed by atoms with van der Waals surface area (Å²) >= 11 is 1.48. The second kappa shape index (κ2) is 8.81. The number of aromatic nitrogens is 3. The number of carbonyl (C=O) groups excluding carboxylic acids is 1. The van der Waals surface area contributed by atoms with Crippen LogP contribution < -0.4 is 9.46 Å². The lowest BCUT2D eigenvalue weighted by atomic mass is 10.2. The number of ketones is 1. The van der Waals surface area contributed by atoms with Crippen molar-refractivity contribution in [2.45, 2.75) is 25.2 Å². The molecule has 2 aromatic heterocycles. The normalized spacial score (nSPS) is 11.7. The largest absolute Gasteiger partial charge is 0.497 e. The lowest BCUT2D eigenvalue weighted by Crippen LogP contribution is -2.26. The number of nitrogens with zero attached hydrogens (tertiary/aromatic N) is 3. The predicted octanol–water partition coefficient (Wildman–Crippen LogP) is 3.50. The van der Waals surface area contributed by atoms with E-state index in [0.717, 1.165) is 26.8 Å². The third-order valence-electron chi connectivity index (χ3n) is 5.06. The van der Waals surface area contributed by atoms with Gasteiger partial charge in [-0.15, -0.1) is 5.10 Å². The van der Waals surface area contributed by atoms with E-state index in [0.29, 0.717) is 17.8 Å². The molecule has 4 rings (SSSR count). The maximum absolute atomic E-state index is 12.6. The van der Waals surface area contributed by atoms with Crippen LogP contribution in [0.4, 0.5) is 0 Å². The van der Waals surface area contributed by atoms with Crippen LogP contribution in [-0.2, 0) is 16.4 Å². The zero-order chi connectivity index (χ0) is 22.9. The van der Waals surface area contributed by atoms with Crippen molar-refractivity contribution in [2.24, 2.45) is 0 Å². The molecule has 8 nitrogen and oxygen atoms in total. The molecule has 0 radical (unpaired) electrons. The zero-order valence-corrected chi connectivity index (χ0v) is 19.5. The summed E-state index contributed by atoms with van der Waals surface area (Å²) < 4.78 is 34.8. The Labute approximate surface area is 189 Å². The second-order valence-corrected chi connectivity index (χ2v) is 10.0. The molecule has 0 spiro atoms. The predicted molar refractivity (Wildman–Crippen MR) is 123 cm³/mol. The van der Waals surface area contributed by atoms with Gasteiger partial charge in [0.1, 0.15) is 5.75 Å². The van der Waals surface area contributed by atoms with Gasteiger partial charge in [-0.2, -0.15) is 4.98 Å². The quantitative estimate of drug-likeness (QED) is 0.396. The number of thiazole rings is 1. The molecule has 1 N–H and O–H groups in total. The summed E-state index contributed by atoms with van der Waals surface area (Å²) in [7, 11) is -2.09. The fourth-order valence-corrected chi connectivity index (χ4v) is 5.38. The number of fused-ring (bicyclic) bond motifs is 1. The number of nitrogens with one attached hydrogen (secondary N) is 1. The van der Waals surface area contributed by atoms with Gasteiger partial charge in [0, 0.05) is 22.5 Å². The van der Waals surface area contributed by atoms with Crippen molar-refractivity contribution in [1.82, 2.24) is 19.3 Å². The number of aryl methyl sites for hydroxylation is 1. The number of hydrogen-bond donors (Lipinski definition) is 1. The molecule has 0 unspecified atom stereocenters. The smallest absolute Gasteiger partial charge is 0.240 e. The SMILES string of the molecule is COc1ccc(-c2nc3sc(CCNS(=O)(=O)c4cccc(C(C)=O)c4)c(C)n3n2)cc1. The third-order valence-corrected chi connectivity index (χ3v) is 7.71. The van der Waals surface area contributed by atoms with Gasteiger partial charge in [0.15, 0.2) is 11.6 Å². The highest BCUT2D eigenvalue weighted by Gasteiger charge is 2.17. The molecule has 32 heavy (non-hydrogen) atoms. The maximum atomic E-state index is 12.6. The minimum absolute atomic E-state index is 0.0775. The Morgan fingerprint density at radius 3 is 2.59 bits per heavy atom. The van der Waals surface area contributed by atoms with Crippen LogP contribution in [-0.4, -0.2) is 42.5 Å². The molecule has 2 aromatic carbocycles. The van der Waals surface area contributed by atoms with Crippen LogP contribution in [0.5, 0.6) is 5.75 Å². The first-order chi connectivity index (χ1) is 15.3. The molecular formula is C22H22N4O4S2. The minimum Gasteiger partial charge on any atom is -0.497 e. The Bertz CT molecular complexity index is 1390. The second-order valence-electron chi connectivity index (χ2n) is 7.20. The maximum Gasteiger partial charge on any atom is 0.240 e. The number of carbonyl (C=O) groups is 1. The Balaban J connectivity index is 1.46. The van der Waals surface area contributed by atoms with Gasteiger partial charge in [-0.05, 0) is 56.7 Å². The number of ether oxygens (including phenoxy) is 1. The molecule has 0 bridgehead atoms. The summed E-state index contributed by atoms with van der Waals surface area (Å²) in [6.07, 6.45) is 0.505. The molecule has 0 aliphatic heterocycles. The molecule has 166 valence electrons. The van der Waals surface area contributed by atoms with Crippen molar-refractivity contribution in [3.8, 4) is 17.1 Å². The van der Waals surface area contributed by atoms with E-state index in [9.17, 15) is 13.2 Å². The van der Waals surface area contributed by atoms with Crippen LogP contribution in [0.25, 0.3) is 16.3 Å². The van der Waals surface area contributed by atoms with Crippen LogP contribution in [0.15, 0.2) is 53.4 Å². The Hall–Kier alpha value is -3.08. The first-order valence-electron chi connectivity index (χ1n) is 9.88. The van der Waals surface area contributed by atoms with Crippen molar-refractivity contribution < 1.29 is 17.9 Å². The van der Waals surface area contributed by atoms with Gasteiger partial charge in [0.05, 0.1) is 17.7 Å². The minimum atomic E-state index is -3.71. The van der Waals surface area contributed by atoms with Gasteiger partial charge in [-0.25, -0.2) is 17.7 Å². The molecule has 2 heterocycles. The molecule has 0 saturated heterocycles. The highest BCUT2D eigenvalue weighted by atomic mass is 32.2. The average molecular weight is 471 g/mol. The van der Waals surface area contributed by atoms with E-state index in [1.54, 1.807) is 23.8 Å². The number of hydrogen-bond acceptors (Lipinski definition) is 7. The van der Waals surface area contributed by atoms with E-state index in [-0.39, 0.29) is 17.2 Å². The van der Waals surface area contributed by atoms with Gasteiger partial charge in [-0.1, -0.05) is 23.5 Å². The standard InChI is InChI=1S/C22H22N4O4S2/c1-14-20(11-12-23-32(28,29)19-6-4-5-17(13-19)15(2)27)31-22-24-21(25-26(14)22)16-7-9-18(30-3)10-8-16/h4-10,13,23H,11-12H2,1-3H3. The van der Waals surface area contributed by atoms with Crippen molar-refractivity contribution in [3.05, 3.63) is 64.7 Å². The van der Waals surface area contributed by atoms with E-state index in [4.69, 9.17) is 4.74 Å². The van der Waals surface area contributed by atoms with Crippen LogP contribution in [0.2, 0.25) is 0 Å². The number of methoxy groups -OCH3 is 1. The monoisotopic (exact) mass is 470 g/mol. The van der Waals surface area contributed by atoms with Crippen LogP contribution in [0, 0.1) is 6.92 Å². The third kappa shape index (κ3) is 4.43. The number of benzene rings is 2. The Morgan fingerprint density at radius 1 is 1.19 bits per heavy atom. The lowest BCUT2D eigenvalue weighted by Gasteiger charge is -2.07. The molecule has 0 atom stereocenters. The van der Waals surface area contributed by atoms with Gasteiger partial charge < -0.3 is 4.74 Å². The van der Waals surface area contributed by atoms with Crippen molar-refractivity contribution in [3.63, 3.8) is 0 Å².